The Balaban J connectivity index is 2.51. The molecular weight excluding hydrogens is 229 g/mol. The number of nitrogens with two attached hydrogens (primary N) is 1. The molecule has 0 aliphatic carbocycles. The molecule has 1 aromatic carbocycles. The maximum atomic E-state index is 13.0. The normalized spacial score (nSPS) is 11.4. The van der Waals surface area contributed by atoms with E-state index in [1.165, 1.54) is 12.1 Å². The average molecular weight is 253 g/mol. The minimum absolute atomic E-state index is 0.271. The van der Waals surface area contributed by atoms with Gasteiger partial charge in [0.2, 0.25) is 0 Å². The van der Waals surface area contributed by atoms with Crippen molar-refractivity contribution in [2.75, 3.05) is 39.5 Å². The molecule has 18 heavy (non-hydrogen) atoms. The molecule has 102 valence electrons. The smallest absolute Gasteiger partial charge is 0.125 e. The molecule has 1 rings (SSSR count). The quantitative estimate of drug-likeness (QED) is 0.756. The largest absolute Gasteiger partial charge is 0.398 e. The number of benzene rings is 1. The van der Waals surface area contributed by atoms with Crippen LogP contribution in [0.1, 0.15) is 18.9 Å². The minimum atomic E-state index is -0.271. The Morgan fingerprint density at radius 3 is 2.50 bits per heavy atom. The van der Waals surface area contributed by atoms with Crippen molar-refractivity contribution in [2.45, 2.75) is 19.9 Å². The van der Waals surface area contributed by atoms with Crippen LogP contribution < -0.4 is 5.73 Å². The number of hydrogen-bond acceptors (Lipinski definition) is 3. The number of nitrogens with zero attached hydrogens (tertiary/aromatic N) is 2. The molecule has 0 unspecified atom stereocenters. The van der Waals surface area contributed by atoms with Gasteiger partial charge in [-0.05, 0) is 57.8 Å². The van der Waals surface area contributed by atoms with Gasteiger partial charge < -0.3 is 10.6 Å². The second-order valence-electron chi connectivity index (χ2n) is 4.87. The van der Waals surface area contributed by atoms with Gasteiger partial charge in [0.05, 0.1) is 0 Å². The van der Waals surface area contributed by atoms with Gasteiger partial charge in [0.25, 0.3) is 0 Å². The van der Waals surface area contributed by atoms with Crippen molar-refractivity contribution >= 4 is 5.69 Å². The summed E-state index contributed by atoms with van der Waals surface area (Å²) in [6, 6.07) is 4.64. The van der Waals surface area contributed by atoms with E-state index in [1.54, 1.807) is 6.07 Å². The first-order chi connectivity index (χ1) is 8.52. The molecule has 0 fully saturated rings. The van der Waals surface area contributed by atoms with Crippen LogP contribution in [0.2, 0.25) is 0 Å². The van der Waals surface area contributed by atoms with Crippen LogP contribution in [-0.2, 0) is 6.54 Å². The van der Waals surface area contributed by atoms with E-state index >= 15 is 0 Å². The molecule has 0 saturated carbocycles. The van der Waals surface area contributed by atoms with Gasteiger partial charge in [0.1, 0.15) is 5.82 Å². The van der Waals surface area contributed by atoms with Crippen molar-refractivity contribution < 1.29 is 4.39 Å². The summed E-state index contributed by atoms with van der Waals surface area (Å²) in [4.78, 5) is 4.51. The number of rotatable bonds is 7. The fourth-order valence-electron chi connectivity index (χ4n) is 1.91. The van der Waals surface area contributed by atoms with E-state index in [0.29, 0.717) is 5.69 Å². The summed E-state index contributed by atoms with van der Waals surface area (Å²) in [5.74, 6) is -0.271. The Bertz CT molecular complexity index is 366. The van der Waals surface area contributed by atoms with Crippen LogP contribution in [0.5, 0.6) is 0 Å². The van der Waals surface area contributed by atoms with Crippen LogP contribution in [0, 0.1) is 5.82 Å². The molecule has 0 atom stereocenters. The summed E-state index contributed by atoms with van der Waals surface area (Å²) in [5, 5.41) is 0. The van der Waals surface area contributed by atoms with Gasteiger partial charge in [-0.1, -0.05) is 13.0 Å². The van der Waals surface area contributed by atoms with Crippen LogP contribution in [0.25, 0.3) is 0 Å². The lowest BCUT2D eigenvalue weighted by Gasteiger charge is -2.22. The van der Waals surface area contributed by atoms with Crippen molar-refractivity contribution in [3.05, 3.63) is 29.6 Å². The molecule has 0 amide bonds. The lowest BCUT2D eigenvalue weighted by atomic mass is 10.1. The van der Waals surface area contributed by atoms with Gasteiger partial charge in [-0.3, -0.25) is 4.90 Å². The van der Waals surface area contributed by atoms with Gasteiger partial charge in [-0.25, -0.2) is 4.39 Å². The highest BCUT2D eigenvalue weighted by Gasteiger charge is 2.07. The third-order valence-electron chi connectivity index (χ3n) is 3.03. The summed E-state index contributed by atoms with van der Waals surface area (Å²) in [5.41, 5.74) is 7.37. The zero-order chi connectivity index (χ0) is 13.5. The fourth-order valence-corrected chi connectivity index (χ4v) is 1.91. The van der Waals surface area contributed by atoms with Crippen molar-refractivity contribution in [2.24, 2.45) is 0 Å². The number of hydrogen-bond donors (Lipinski definition) is 1. The standard InChI is InChI=1S/C14H24FN3/c1-4-18(9-5-8-17(2)3)11-12-6-7-13(15)10-14(12)16/h6-7,10H,4-5,8-9,11,16H2,1-3H3. The molecule has 0 aliphatic heterocycles. The predicted molar refractivity (Wildman–Crippen MR) is 74.9 cm³/mol. The monoisotopic (exact) mass is 253 g/mol. The molecule has 0 bridgehead atoms. The molecule has 1 aromatic rings. The van der Waals surface area contributed by atoms with E-state index in [-0.39, 0.29) is 5.82 Å². The molecule has 0 aromatic heterocycles. The molecule has 0 radical (unpaired) electrons. The van der Waals surface area contributed by atoms with Gasteiger partial charge in [0.15, 0.2) is 0 Å². The number of anilines is 1. The molecule has 4 heteroatoms. The first-order valence-corrected chi connectivity index (χ1v) is 6.44. The van der Waals surface area contributed by atoms with Gasteiger partial charge in [-0.2, -0.15) is 0 Å². The summed E-state index contributed by atoms with van der Waals surface area (Å²) in [6.07, 6.45) is 1.13. The Hall–Kier alpha value is -1.13. The third kappa shape index (κ3) is 5.02. The van der Waals surface area contributed by atoms with Gasteiger partial charge >= 0.3 is 0 Å². The van der Waals surface area contributed by atoms with E-state index < -0.39 is 0 Å². The minimum Gasteiger partial charge on any atom is -0.398 e. The highest BCUT2D eigenvalue weighted by Crippen LogP contribution is 2.15. The molecule has 0 aliphatic rings. The fraction of sp³-hybridized carbons (Fsp3) is 0.571. The maximum Gasteiger partial charge on any atom is 0.125 e. The topological polar surface area (TPSA) is 32.5 Å². The van der Waals surface area contributed by atoms with Crippen LogP contribution >= 0.6 is 0 Å². The molecular formula is C14H24FN3. The molecule has 2 N–H and O–H groups in total. The molecule has 0 saturated heterocycles. The Kier molecular flexibility index (Phi) is 6.09. The van der Waals surface area contributed by atoms with Crippen molar-refractivity contribution in [1.82, 2.24) is 9.80 Å². The lowest BCUT2D eigenvalue weighted by molar-refractivity contribution is 0.259. The van der Waals surface area contributed by atoms with E-state index in [9.17, 15) is 4.39 Å². The van der Waals surface area contributed by atoms with Crippen LogP contribution in [0.3, 0.4) is 0 Å². The second kappa shape index (κ2) is 7.34. The van der Waals surface area contributed by atoms with E-state index in [0.717, 1.165) is 38.2 Å². The summed E-state index contributed by atoms with van der Waals surface area (Å²) >= 11 is 0. The molecule has 0 heterocycles. The maximum absolute atomic E-state index is 13.0. The van der Waals surface area contributed by atoms with Gasteiger partial charge in [0, 0.05) is 12.2 Å². The lowest BCUT2D eigenvalue weighted by Crippen LogP contribution is -2.27. The summed E-state index contributed by atoms with van der Waals surface area (Å²) < 4.78 is 13.0. The van der Waals surface area contributed by atoms with Crippen LogP contribution in [0.4, 0.5) is 10.1 Å². The predicted octanol–water partition coefficient (Wildman–Crippen LogP) is 2.18. The average Bonchev–Trinajstić information content (AvgIpc) is 2.30. The van der Waals surface area contributed by atoms with Crippen molar-refractivity contribution in [3.63, 3.8) is 0 Å². The SMILES string of the molecule is CCN(CCCN(C)C)Cc1ccc(F)cc1N. The zero-order valence-electron chi connectivity index (χ0n) is 11.6. The second-order valence-corrected chi connectivity index (χ2v) is 4.87. The molecule has 3 nitrogen and oxygen atoms in total. The molecule has 0 spiro atoms. The van der Waals surface area contributed by atoms with E-state index in [2.05, 4.69) is 30.8 Å². The Labute approximate surface area is 109 Å². The summed E-state index contributed by atoms with van der Waals surface area (Å²) in [7, 11) is 4.16. The highest BCUT2D eigenvalue weighted by atomic mass is 19.1. The van der Waals surface area contributed by atoms with E-state index in [1.807, 2.05) is 0 Å². The number of halogens is 1. The zero-order valence-corrected chi connectivity index (χ0v) is 11.6. The van der Waals surface area contributed by atoms with Crippen LogP contribution in [-0.4, -0.2) is 43.5 Å². The summed E-state index contributed by atoms with van der Waals surface area (Å²) in [6.45, 7) is 6.01. The third-order valence-corrected chi connectivity index (χ3v) is 3.03. The first kappa shape index (κ1) is 14.9. The Morgan fingerprint density at radius 1 is 1.22 bits per heavy atom. The van der Waals surface area contributed by atoms with Crippen molar-refractivity contribution in [1.29, 1.82) is 0 Å². The van der Waals surface area contributed by atoms with E-state index in [4.69, 9.17) is 5.73 Å². The van der Waals surface area contributed by atoms with Crippen LogP contribution in [0.15, 0.2) is 18.2 Å². The highest BCUT2D eigenvalue weighted by molar-refractivity contribution is 5.46. The van der Waals surface area contributed by atoms with Crippen molar-refractivity contribution in [3.8, 4) is 0 Å². The Morgan fingerprint density at radius 2 is 1.94 bits per heavy atom. The first-order valence-electron chi connectivity index (χ1n) is 6.44. The number of nitrogen functional groups attached to an aromatic ring is 1. The van der Waals surface area contributed by atoms with Gasteiger partial charge in [-0.15, -0.1) is 0 Å².